The second-order valence-corrected chi connectivity index (χ2v) is 5.72. The van der Waals surface area contributed by atoms with E-state index >= 15 is 0 Å². The van der Waals surface area contributed by atoms with Crippen LogP contribution in [0.2, 0.25) is 0 Å². The van der Waals surface area contributed by atoms with Gasteiger partial charge in [-0.2, -0.15) is 0 Å². The van der Waals surface area contributed by atoms with Crippen LogP contribution in [-0.2, 0) is 9.53 Å². The van der Waals surface area contributed by atoms with Crippen molar-refractivity contribution >= 4 is 12.0 Å². The smallest absolute Gasteiger partial charge is 0.317 e. The molecule has 1 saturated carbocycles. The summed E-state index contributed by atoms with van der Waals surface area (Å²) in [6, 6.07) is 0.217. The molecule has 0 aromatic carbocycles. The molecule has 0 spiro atoms. The van der Waals surface area contributed by atoms with Gasteiger partial charge in [-0.15, -0.1) is 0 Å². The van der Waals surface area contributed by atoms with Crippen LogP contribution in [0.5, 0.6) is 0 Å². The third-order valence-corrected chi connectivity index (χ3v) is 4.19. The average molecular weight is 284 g/mol. The molecule has 6 heteroatoms. The van der Waals surface area contributed by atoms with Gasteiger partial charge in [0, 0.05) is 32.2 Å². The van der Waals surface area contributed by atoms with E-state index in [1.165, 1.54) is 0 Å². The third-order valence-electron chi connectivity index (χ3n) is 4.19. The number of hydrogen-bond donors (Lipinski definition) is 2. The number of ether oxygens (including phenoxy) is 1. The zero-order valence-corrected chi connectivity index (χ0v) is 12.0. The summed E-state index contributed by atoms with van der Waals surface area (Å²) in [5, 5.41) is 11.8. The van der Waals surface area contributed by atoms with Crippen molar-refractivity contribution < 1.29 is 19.4 Å². The van der Waals surface area contributed by atoms with Gasteiger partial charge in [0.15, 0.2) is 0 Å². The van der Waals surface area contributed by atoms with Crippen LogP contribution in [-0.4, -0.2) is 53.8 Å². The number of piperidine rings is 1. The highest BCUT2D eigenvalue weighted by molar-refractivity contribution is 5.74. The largest absolute Gasteiger partial charge is 0.481 e. The van der Waals surface area contributed by atoms with Crippen molar-refractivity contribution in [2.24, 2.45) is 5.92 Å². The minimum Gasteiger partial charge on any atom is -0.481 e. The number of hydrogen-bond acceptors (Lipinski definition) is 3. The number of carboxylic acids is 1. The zero-order valence-electron chi connectivity index (χ0n) is 12.0. The monoisotopic (exact) mass is 284 g/mol. The zero-order chi connectivity index (χ0) is 14.5. The Hall–Kier alpha value is -1.30. The Morgan fingerprint density at radius 2 is 1.95 bits per heavy atom. The van der Waals surface area contributed by atoms with Gasteiger partial charge in [-0.05, 0) is 38.5 Å². The van der Waals surface area contributed by atoms with E-state index in [1.807, 2.05) is 6.92 Å². The van der Waals surface area contributed by atoms with Crippen LogP contribution >= 0.6 is 0 Å². The highest BCUT2D eigenvalue weighted by atomic mass is 16.5. The first kappa shape index (κ1) is 15.1. The molecule has 2 fully saturated rings. The molecule has 0 aromatic rings. The quantitative estimate of drug-likeness (QED) is 0.801. The van der Waals surface area contributed by atoms with E-state index in [4.69, 9.17) is 9.84 Å². The number of rotatable bonds is 5. The Labute approximate surface area is 119 Å². The fourth-order valence-electron chi connectivity index (χ4n) is 2.91. The summed E-state index contributed by atoms with van der Waals surface area (Å²) in [6.07, 6.45) is 3.88. The average Bonchev–Trinajstić information content (AvgIpc) is 2.36. The molecule has 0 unspecified atom stereocenters. The lowest BCUT2D eigenvalue weighted by Gasteiger charge is -2.38. The van der Waals surface area contributed by atoms with Gasteiger partial charge in [-0.25, -0.2) is 4.79 Å². The SMILES string of the molecule is CCOC1CC(NC(=O)N2CCC(CC(=O)O)CC2)C1. The maximum Gasteiger partial charge on any atom is 0.317 e. The molecule has 0 atom stereocenters. The fraction of sp³-hybridized carbons (Fsp3) is 0.857. The summed E-state index contributed by atoms with van der Waals surface area (Å²) >= 11 is 0. The number of urea groups is 1. The molecule has 0 bridgehead atoms. The molecule has 1 heterocycles. The summed E-state index contributed by atoms with van der Waals surface area (Å²) in [4.78, 5) is 24.5. The molecule has 0 radical (unpaired) electrons. The molecule has 114 valence electrons. The van der Waals surface area contributed by atoms with Crippen molar-refractivity contribution in [3.05, 3.63) is 0 Å². The molecular weight excluding hydrogens is 260 g/mol. The predicted molar refractivity (Wildman–Crippen MR) is 73.5 cm³/mol. The van der Waals surface area contributed by atoms with Gasteiger partial charge in [0.25, 0.3) is 0 Å². The van der Waals surface area contributed by atoms with Gasteiger partial charge in [-0.1, -0.05) is 0 Å². The molecule has 1 aliphatic heterocycles. The fourth-order valence-corrected chi connectivity index (χ4v) is 2.91. The van der Waals surface area contributed by atoms with Gasteiger partial charge in [0.05, 0.1) is 6.10 Å². The summed E-state index contributed by atoms with van der Waals surface area (Å²) in [6.45, 7) is 4.02. The number of carbonyl (C=O) groups is 2. The molecule has 2 aliphatic rings. The minimum absolute atomic E-state index is 0.0151. The van der Waals surface area contributed by atoms with Crippen molar-refractivity contribution in [1.82, 2.24) is 10.2 Å². The minimum atomic E-state index is -0.746. The second kappa shape index (κ2) is 6.92. The Morgan fingerprint density at radius 1 is 1.30 bits per heavy atom. The summed E-state index contributed by atoms with van der Waals surface area (Å²) in [5.41, 5.74) is 0. The van der Waals surface area contributed by atoms with Gasteiger partial charge >= 0.3 is 12.0 Å². The van der Waals surface area contributed by atoms with Crippen molar-refractivity contribution in [2.75, 3.05) is 19.7 Å². The number of aliphatic carboxylic acids is 1. The predicted octanol–water partition coefficient (Wildman–Crippen LogP) is 1.45. The number of likely N-dealkylation sites (tertiary alicyclic amines) is 1. The van der Waals surface area contributed by atoms with Crippen LogP contribution in [0.15, 0.2) is 0 Å². The van der Waals surface area contributed by atoms with Crippen molar-refractivity contribution in [3.63, 3.8) is 0 Å². The van der Waals surface area contributed by atoms with Gasteiger partial charge in [0.2, 0.25) is 0 Å². The highest BCUT2D eigenvalue weighted by Crippen LogP contribution is 2.24. The molecule has 1 saturated heterocycles. The first-order chi connectivity index (χ1) is 9.58. The molecule has 0 aromatic heterocycles. The summed E-state index contributed by atoms with van der Waals surface area (Å²) in [5.74, 6) is -0.535. The highest BCUT2D eigenvalue weighted by Gasteiger charge is 2.32. The van der Waals surface area contributed by atoms with Crippen molar-refractivity contribution in [1.29, 1.82) is 0 Å². The normalized spacial score (nSPS) is 26.9. The van der Waals surface area contributed by atoms with Crippen LogP contribution in [0, 0.1) is 5.92 Å². The van der Waals surface area contributed by atoms with E-state index in [1.54, 1.807) is 4.90 Å². The van der Waals surface area contributed by atoms with Gasteiger partial charge in [0.1, 0.15) is 0 Å². The van der Waals surface area contributed by atoms with E-state index in [9.17, 15) is 9.59 Å². The van der Waals surface area contributed by atoms with Gasteiger partial charge in [-0.3, -0.25) is 4.79 Å². The van der Waals surface area contributed by atoms with Crippen LogP contribution in [0.4, 0.5) is 4.79 Å². The number of nitrogens with one attached hydrogen (secondary N) is 1. The molecule has 6 nitrogen and oxygen atoms in total. The topological polar surface area (TPSA) is 78.9 Å². The van der Waals surface area contributed by atoms with E-state index in [0.717, 1.165) is 32.3 Å². The lowest BCUT2D eigenvalue weighted by molar-refractivity contribution is -0.138. The molecule has 1 aliphatic carbocycles. The third kappa shape index (κ3) is 4.10. The Kier molecular flexibility index (Phi) is 5.23. The first-order valence-corrected chi connectivity index (χ1v) is 7.47. The van der Waals surface area contributed by atoms with Crippen molar-refractivity contribution in [2.45, 2.75) is 51.2 Å². The summed E-state index contributed by atoms with van der Waals surface area (Å²) < 4.78 is 5.47. The number of amides is 2. The maximum atomic E-state index is 12.1. The second-order valence-electron chi connectivity index (χ2n) is 5.72. The number of carboxylic acid groups (broad SMARTS) is 1. The Morgan fingerprint density at radius 3 is 2.50 bits per heavy atom. The van der Waals surface area contributed by atoms with Crippen LogP contribution in [0.3, 0.4) is 0 Å². The first-order valence-electron chi connectivity index (χ1n) is 7.47. The summed E-state index contributed by atoms with van der Waals surface area (Å²) in [7, 11) is 0. The van der Waals surface area contributed by atoms with E-state index < -0.39 is 5.97 Å². The Balaban J connectivity index is 1.64. The van der Waals surface area contributed by atoms with Crippen LogP contribution in [0.25, 0.3) is 0 Å². The lowest BCUT2D eigenvalue weighted by Crippen LogP contribution is -2.53. The van der Waals surface area contributed by atoms with E-state index in [-0.39, 0.29) is 24.4 Å². The Bertz CT molecular complexity index is 347. The van der Waals surface area contributed by atoms with Gasteiger partial charge < -0.3 is 20.1 Å². The standard InChI is InChI=1S/C14H24N2O4/c1-2-20-12-8-11(9-12)15-14(19)16-5-3-10(4-6-16)7-13(17)18/h10-12H,2-9H2,1H3,(H,15,19)(H,17,18). The van der Waals surface area contributed by atoms with Crippen LogP contribution in [0.1, 0.15) is 39.0 Å². The molecule has 2 amide bonds. The number of nitrogens with zero attached hydrogens (tertiary/aromatic N) is 1. The maximum absolute atomic E-state index is 12.1. The van der Waals surface area contributed by atoms with Crippen molar-refractivity contribution in [3.8, 4) is 0 Å². The number of carbonyl (C=O) groups excluding carboxylic acids is 1. The molecular formula is C14H24N2O4. The van der Waals surface area contributed by atoms with Crippen LogP contribution < -0.4 is 5.32 Å². The van der Waals surface area contributed by atoms with E-state index in [2.05, 4.69) is 5.32 Å². The lowest BCUT2D eigenvalue weighted by atomic mass is 9.89. The molecule has 2 rings (SSSR count). The molecule has 20 heavy (non-hydrogen) atoms. The molecule has 2 N–H and O–H groups in total. The van der Waals surface area contributed by atoms with E-state index in [0.29, 0.717) is 19.2 Å².